The number of thiophene rings is 1. The van der Waals surface area contributed by atoms with E-state index in [1.807, 2.05) is 47.7 Å². The Morgan fingerprint density at radius 3 is 2.00 bits per heavy atom. The number of rotatable bonds is 2. The van der Waals surface area contributed by atoms with Crippen LogP contribution in [0.3, 0.4) is 0 Å². The van der Waals surface area contributed by atoms with Crippen molar-refractivity contribution in [1.82, 2.24) is 0 Å². The molecule has 2 heterocycles. The average Bonchev–Trinajstić information content (AvgIpc) is 3.44. The fourth-order valence-electron chi connectivity index (χ4n) is 6.57. The number of hydrogen-bond donors (Lipinski definition) is 0. The second-order valence-corrected chi connectivity index (χ2v) is 13.9. The molecule has 8 aromatic rings. The molecule has 42 heavy (non-hydrogen) atoms. The minimum atomic E-state index is -2.98. The van der Waals surface area contributed by atoms with Crippen LogP contribution in [0.5, 0.6) is 0 Å². The first-order valence-corrected chi connectivity index (χ1v) is 16.3. The third kappa shape index (κ3) is 3.28. The predicted octanol–water partition coefficient (Wildman–Crippen LogP) is 11.2. The molecule has 0 fully saturated rings. The van der Waals surface area contributed by atoms with E-state index in [1.165, 1.54) is 25.6 Å². The first-order valence-electron chi connectivity index (χ1n) is 14.0. The maximum absolute atomic E-state index is 15.4. The molecule has 198 valence electrons. The Morgan fingerprint density at radius 1 is 0.524 bits per heavy atom. The highest BCUT2D eigenvalue weighted by atomic mass is 32.2. The normalized spacial score (nSPS) is 16.0. The molecule has 2 nitrogen and oxygen atoms in total. The summed E-state index contributed by atoms with van der Waals surface area (Å²) in [6, 6.07) is 48.2. The third-order valence-corrected chi connectivity index (χ3v) is 12.0. The number of benzene rings is 7. The highest BCUT2D eigenvalue weighted by Gasteiger charge is 2.29. The van der Waals surface area contributed by atoms with Crippen molar-refractivity contribution in [1.29, 1.82) is 0 Å². The highest BCUT2D eigenvalue weighted by molar-refractivity contribution is 7.94. The predicted molar refractivity (Wildman–Crippen MR) is 178 cm³/mol. The summed E-state index contributed by atoms with van der Waals surface area (Å²) in [5.74, 6) is 0. The van der Waals surface area contributed by atoms with Crippen LogP contribution in [0.25, 0.3) is 64.0 Å². The average molecular weight is 574 g/mol. The first kappa shape index (κ1) is 23.9. The maximum Gasteiger partial charge on any atom is 0.109 e. The Labute approximate surface area is 247 Å². The maximum atomic E-state index is 15.4. The summed E-state index contributed by atoms with van der Waals surface area (Å²) in [5.41, 5.74) is 5.07. The Bertz CT molecular complexity index is 2530. The van der Waals surface area contributed by atoms with Crippen molar-refractivity contribution in [3.05, 3.63) is 140 Å². The van der Waals surface area contributed by atoms with Crippen molar-refractivity contribution in [2.45, 2.75) is 9.79 Å². The van der Waals surface area contributed by atoms with Crippen molar-refractivity contribution < 1.29 is 4.21 Å². The third-order valence-electron chi connectivity index (χ3n) is 8.45. The van der Waals surface area contributed by atoms with Gasteiger partial charge in [-0.15, -0.1) is 11.3 Å². The molecule has 9 rings (SSSR count). The summed E-state index contributed by atoms with van der Waals surface area (Å²) in [4.78, 5) is 1.50. The Balaban J connectivity index is 1.35. The van der Waals surface area contributed by atoms with Crippen molar-refractivity contribution in [2.75, 3.05) is 0 Å². The van der Waals surface area contributed by atoms with Gasteiger partial charge >= 0.3 is 0 Å². The second kappa shape index (κ2) is 8.86. The van der Waals surface area contributed by atoms with E-state index in [0.717, 1.165) is 53.9 Å². The van der Waals surface area contributed by atoms with E-state index in [4.69, 9.17) is 4.36 Å². The molecule has 4 heteroatoms. The van der Waals surface area contributed by atoms with Crippen molar-refractivity contribution in [3.63, 3.8) is 0 Å². The lowest BCUT2D eigenvalue weighted by Crippen LogP contribution is -2.08. The van der Waals surface area contributed by atoms with Gasteiger partial charge in [-0.3, -0.25) is 0 Å². The molecule has 1 aromatic heterocycles. The lowest BCUT2D eigenvalue weighted by molar-refractivity contribution is 0.676. The lowest BCUT2D eigenvalue weighted by atomic mass is 9.91. The van der Waals surface area contributed by atoms with E-state index in [-0.39, 0.29) is 0 Å². The molecule has 0 saturated carbocycles. The zero-order valence-corrected chi connectivity index (χ0v) is 24.1. The van der Waals surface area contributed by atoms with E-state index >= 15 is 4.21 Å². The molecule has 0 radical (unpaired) electrons. The van der Waals surface area contributed by atoms with Gasteiger partial charge in [0.15, 0.2) is 0 Å². The molecule has 7 aromatic carbocycles. The minimum absolute atomic E-state index is 0.730. The molecule has 1 aliphatic rings. The van der Waals surface area contributed by atoms with E-state index in [0.29, 0.717) is 0 Å². The van der Waals surface area contributed by atoms with Crippen LogP contribution in [-0.4, -0.2) is 4.21 Å². The monoisotopic (exact) mass is 573 g/mol. The highest BCUT2D eigenvalue weighted by Crippen LogP contribution is 2.51. The van der Waals surface area contributed by atoms with Crippen molar-refractivity contribution in [3.8, 4) is 22.3 Å². The molecule has 1 atom stereocenters. The van der Waals surface area contributed by atoms with Gasteiger partial charge in [0.05, 0.1) is 15.5 Å². The van der Waals surface area contributed by atoms with Crippen molar-refractivity contribution >= 4 is 68.5 Å². The first-order chi connectivity index (χ1) is 20.7. The van der Waals surface area contributed by atoms with Crippen LogP contribution in [-0.2, 0) is 9.73 Å². The molecule has 0 bridgehead atoms. The Hall–Kier alpha value is -4.77. The van der Waals surface area contributed by atoms with Crippen LogP contribution in [0, 0.1) is 0 Å². The van der Waals surface area contributed by atoms with Gasteiger partial charge in [-0.25, -0.2) is 4.21 Å². The van der Waals surface area contributed by atoms with Gasteiger partial charge < -0.3 is 0 Å². The van der Waals surface area contributed by atoms with Crippen LogP contribution in [0.15, 0.2) is 154 Å². The molecule has 0 aliphatic carbocycles. The summed E-state index contributed by atoms with van der Waals surface area (Å²) in [5, 5.41) is 7.00. The standard InChI is InChI=1S/C38H23NOS2/c40-42(25-12-9-11-24(23-25)26-19-10-20-32-29-15-5-7-21-34(29)41-38(26)32)35-22-8-6-18-33(35)36-30-16-3-1-13-27(30)28-14-2-4-17-31(28)37(36)39-42/h1-23H. The van der Waals surface area contributed by atoms with Crippen LogP contribution in [0.4, 0.5) is 5.69 Å². The largest absolute Gasteiger partial charge is 0.239 e. The second-order valence-electron chi connectivity index (χ2n) is 10.7. The molecule has 1 aliphatic heterocycles. The summed E-state index contributed by atoms with van der Waals surface area (Å²) >= 11 is 1.81. The van der Waals surface area contributed by atoms with Gasteiger partial charge in [-0.2, -0.15) is 4.36 Å². The zero-order chi connectivity index (χ0) is 27.8. The van der Waals surface area contributed by atoms with E-state index in [2.05, 4.69) is 103 Å². The van der Waals surface area contributed by atoms with E-state index in [1.54, 1.807) is 0 Å². The smallest absolute Gasteiger partial charge is 0.109 e. The number of hydrogen-bond acceptors (Lipinski definition) is 3. The molecular formula is C38H23NOS2. The van der Waals surface area contributed by atoms with Gasteiger partial charge in [0.25, 0.3) is 0 Å². The summed E-state index contributed by atoms with van der Waals surface area (Å²) in [6.45, 7) is 0. The zero-order valence-electron chi connectivity index (χ0n) is 22.5. The summed E-state index contributed by atoms with van der Waals surface area (Å²) in [6.07, 6.45) is 0. The van der Waals surface area contributed by atoms with Crippen LogP contribution in [0.2, 0.25) is 0 Å². The summed E-state index contributed by atoms with van der Waals surface area (Å²) < 4.78 is 23.1. The Morgan fingerprint density at radius 2 is 1.14 bits per heavy atom. The fourth-order valence-corrected chi connectivity index (χ4v) is 10.00. The van der Waals surface area contributed by atoms with E-state index < -0.39 is 9.73 Å². The van der Waals surface area contributed by atoms with Crippen LogP contribution in [0.1, 0.15) is 0 Å². The molecule has 0 spiro atoms. The number of fused-ring (bicyclic) bond motifs is 11. The van der Waals surface area contributed by atoms with Gasteiger partial charge in [0.1, 0.15) is 9.73 Å². The summed E-state index contributed by atoms with van der Waals surface area (Å²) in [7, 11) is -2.98. The lowest BCUT2D eigenvalue weighted by Gasteiger charge is -2.25. The SMILES string of the molecule is O=S1(c2cccc(-c3cccc4c3sc3ccccc34)c2)=Nc2c(c3ccccc3c3ccccc23)-c2ccccc21. The molecular weight excluding hydrogens is 551 g/mol. The minimum Gasteiger partial charge on any atom is -0.239 e. The van der Waals surface area contributed by atoms with Crippen LogP contribution >= 0.6 is 11.3 Å². The quantitative estimate of drug-likeness (QED) is 0.189. The van der Waals surface area contributed by atoms with Gasteiger partial charge in [0, 0.05) is 36.7 Å². The van der Waals surface area contributed by atoms with Crippen molar-refractivity contribution in [2.24, 2.45) is 4.36 Å². The van der Waals surface area contributed by atoms with Gasteiger partial charge in [-0.1, -0.05) is 115 Å². The molecule has 0 N–H and O–H groups in total. The topological polar surface area (TPSA) is 29.4 Å². The van der Waals surface area contributed by atoms with E-state index in [9.17, 15) is 0 Å². The molecule has 0 amide bonds. The fraction of sp³-hybridized carbons (Fsp3) is 0. The Kier molecular flexibility index (Phi) is 5.04. The molecule has 0 saturated heterocycles. The van der Waals surface area contributed by atoms with Gasteiger partial charge in [-0.05, 0) is 51.6 Å². The van der Waals surface area contributed by atoms with Crippen LogP contribution < -0.4 is 0 Å². The van der Waals surface area contributed by atoms with Gasteiger partial charge in [0.2, 0.25) is 0 Å². The number of nitrogens with zero attached hydrogens (tertiary/aromatic N) is 1. The molecule has 1 unspecified atom stereocenters.